The third-order valence-corrected chi connectivity index (χ3v) is 6.08. The lowest BCUT2D eigenvalue weighted by Gasteiger charge is -2.44. The average molecular weight is 466 g/mol. The Morgan fingerprint density at radius 2 is 2.18 bits per heavy atom. The molecule has 0 spiro atoms. The molecule has 5 heterocycles. The lowest BCUT2D eigenvalue weighted by atomic mass is 10.1. The van der Waals surface area contributed by atoms with E-state index < -0.39 is 5.97 Å². The van der Waals surface area contributed by atoms with Crippen LogP contribution in [-0.2, 0) is 27.9 Å². The molecule has 0 amide bonds. The predicted molar refractivity (Wildman–Crippen MR) is 125 cm³/mol. The summed E-state index contributed by atoms with van der Waals surface area (Å²) < 4.78 is 18.5. The Bertz CT molecular complexity index is 1270. The Kier molecular flexibility index (Phi) is 5.70. The van der Waals surface area contributed by atoms with Gasteiger partial charge in [0.15, 0.2) is 17.4 Å². The third kappa shape index (κ3) is 3.77. The van der Waals surface area contributed by atoms with Crippen molar-refractivity contribution in [1.29, 1.82) is 0 Å². The van der Waals surface area contributed by atoms with E-state index in [0.717, 1.165) is 22.4 Å². The van der Waals surface area contributed by atoms with Gasteiger partial charge in [-0.25, -0.2) is 19.7 Å². The first kappa shape index (κ1) is 22.0. The molecule has 0 aromatic carbocycles. The fourth-order valence-electron chi connectivity index (χ4n) is 4.43. The van der Waals surface area contributed by atoms with Crippen molar-refractivity contribution >= 4 is 22.8 Å². The summed E-state index contributed by atoms with van der Waals surface area (Å²) in [6, 6.07) is 4.13. The van der Waals surface area contributed by atoms with Gasteiger partial charge in [0.05, 0.1) is 39.0 Å². The maximum Gasteiger partial charge on any atom is 0.355 e. The number of nitrogens with two attached hydrogens (primary N) is 1. The molecule has 2 aliphatic rings. The van der Waals surface area contributed by atoms with Gasteiger partial charge < -0.3 is 34.7 Å². The number of aryl methyl sites for hydroxylation is 1. The van der Waals surface area contributed by atoms with Gasteiger partial charge in [-0.05, 0) is 19.1 Å². The van der Waals surface area contributed by atoms with Crippen molar-refractivity contribution in [2.45, 2.75) is 25.6 Å². The van der Waals surface area contributed by atoms with Gasteiger partial charge in [0.1, 0.15) is 23.6 Å². The number of pyridine rings is 1. The van der Waals surface area contributed by atoms with Crippen LogP contribution in [0.25, 0.3) is 22.4 Å². The lowest BCUT2D eigenvalue weighted by Crippen LogP contribution is -2.56. The predicted octanol–water partition coefficient (Wildman–Crippen LogP) is 1.08. The first-order valence-electron chi connectivity index (χ1n) is 11.1. The minimum absolute atomic E-state index is 0.0337. The standard InChI is InChI=1S/C23H27N7O4/c1-13-10-33-11-14-12-34-19-18(9-25-8-17(24)23(31)32-3)27-20(28-22(19)30(13)14)15-4-6-26-21-16(15)5-7-29(21)2/h4-8,13-14,25H,9-12,24H2,1-3H3/b17-8-/t13-,14+/m1/s1. The molecule has 3 N–H and O–H groups in total. The minimum Gasteiger partial charge on any atom is -0.486 e. The highest BCUT2D eigenvalue weighted by Gasteiger charge is 2.37. The van der Waals surface area contributed by atoms with Gasteiger partial charge in [0, 0.05) is 36.6 Å². The molecule has 1 saturated heterocycles. The molecule has 0 bridgehead atoms. The number of anilines is 1. The van der Waals surface area contributed by atoms with Crippen LogP contribution >= 0.6 is 0 Å². The Balaban J connectivity index is 1.61. The summed E-state index contributed by atoms with van der Waals surface area (Å²) in [5.74, 6) is 1.31. The van der Waals surface area contributed by atoms with Crippen LogP contribution in [0.5, 0.6) is 5.75 Å². The van der Waals surface area contributed by atoms with Gasteiger partial charge in [0.2, 0.25) is 0 Å². The highest BCUT2D eigenvalue weighted by Crippen LogP contribution is 2.39. The molecule has 2 atom stereocenters. The first-order valence-corrected chi connectivity index (χ1v) is 11.1. The summed E-state index contributed by atoms with van der Waals surface area (Å²) in [5, 5.41) is 4.01. The van der Waals surface area contributed by atoms with Crippen molar-refractivity contribution < 1.29 is 19.0 Å². The van der Waals surface area contributed by atoms with Crippen molar-refractivity contribution in [3.63, 3.8) is 0 Å². The van der Waals surface area contributed by atoms with E-state index in [1.165, 1.54) is 13.3 Å². The minimum atomic E-state index is -0.609. The number of carbonyl (C=O) groups is 1. The summed E-state index contributed by atoms with van der Waals surface area (Å²) in [6.45, 7) is 4.06. The molecule has 0 saturated carbocycles. The smallest absolute Gasteiger partial charge is 0.355 e. The molecule has 2 aliphatic heterocycles. The van der Waals surface area contributed by atoms with Crippen LogP contribution in [0.4, 0.5) is 5.82 Å². The van der Waals surface area contributed by atoms with E-state index in [0.29, 0.717) is 37.1 Å². The van der Waals surface area contributed by atoms with Crippen LogP contribution in [0.1, 0.15) is 12.6 Å². The van der Waals surface area contributed by atoms with Crippen LogP contribution in [0.2, 0.25) is 0 Å². The number of esters is 1. The molecule has 0 unspecified atom stereocenters. The number of nitrogens with zero attached hydrogens (tertiary/aromatic N) is 5. The molecular formula is C23H27N7O4. The number of fused-ring (bicyclic) bond motifs is 4. The number of methoxy groups -OCH3 is 1. The van der Waals surface area contributed by atoms with E-state index in [2.05, 4.69) is 26.9 Å². The van der Waals surface area contributed by atoms with Crippen molar-refractivity contribution in [1.82, 2.24) is 24.8 Å². The molecule has 5 rings (SSSR count). The van der Waals surface area contributed by atoms with Crippen molar-refractivity contribution in [2.75, 3.05) is 31.8 Å². The molecule has 34 heavy (non-hydrogen) atoms. The third-order valence-electron chi connectivity index (χ3n) is 6.08. The van der Waals surface area contributed by atoms with Gasteiger partial charge >= 0.3 is 5.97 Å². The number of rotatable bonds is 5. The molecule has 178 valence electrons. The molecule has 3 aromatic heterocycles. The maximum atomic E-state index is 11.6. The van der Waals surface area contributed by atoms with Crippen LogP contribution in [-0.4, -0.2) is 64.5 Å². The molecular weight excluding hydrogens is 438 g/mol. The zero-order valence-electron chi connectivity index (χ0n) is 19.3. The molecule has 0 aliphatic carbocycles. The Labute approximate surface area is 196 Å². The Hall–Kier alpha value is -3.86. The molecule has 11 heteroatoms. The zero-order chi connectivity index (χ0) is 23.8. The number of nitrogens with one attached hydrogen (secondary N) is 1. The Morgan fingerprint density at radius 3 is 3.00 bits per heavy atom. The number of morpholine rings is 1. The van der Waals surface area contributed by atoms with E-state index in [9.17, 15) is 4.79 Å². The second-order valence-electron chi connectivity index (χ2n) is 8.40. The van der Waals surface area contributed by atoms with Crippen molar-refractivity contribution in [2.24, 2.45) is 12.8 Å². The summed E-state index contributed by atoms with van der Waals surface area (Å²) in [7, 11) is 3.23. The topological polar surface area (TPSA) is 130 Å². The van der Waals surface area contributed by atoms with Crippen molar-refractivity contribution in [3.8, 4) is 17.1 Å². The summed E-state index contributed by atoms with van der Waals surface area (Å²) in [4.78, 5) is 28.2. The second-order valence-corrected chi connectivity index (χ2v) is 8.40. The van der Waals surface area contributed by atoms with Gasteiger partial charge in [-0.1, -0.05) is 0 Å². The quantitative estimate of drug-likeness (QED) is 0.417. The van der Waals surface area contributed by atoms with E-state index in [-0.39, 0.29) is 24.3 Å². The number of hydrogen-bond acceptors (Lipinski definition) is 10. The maximum absolute atomic E-state index is 11.6. The fraction of sp³-hybridized carbons (Fsp3) is 0.391. The van der Waals surface area contributed by atoms with Crippen LogP contribution in [0.3, 0.4) is 0 Å². The summed E-state index contributed by atoms with van der Waals surface area (Å²) >= 11 is 0. The van der Waals surface area contributed by atoms with E-state index in [1.807, 2.05) is 29.9 Å². The molecule has 3 aromatic rings. The second kappa shape index (κ2) is 8.82. The number of ether oxygens (including phenoxy) is 3. The highest BCUT2D eigenvalue weighted by molar-refractivity contribution is 5.91. The fourth-order valence-corrected chi connectivity index (χ4v) is 4.43. The van der Waals surface area contributed by atoms with Gasteiger partial charge in [-0.15, -0.1) is 0 Å². The van der Waals surface area contributed by atoms with Crippen LogP contribution in [0, 0.1) is 0 Å². The van der Waals surface area contributed by atoms with Gasteiger partial charge in [-0.3, -0.25) is 0 Å². The number of hydrogen-bond donors (Lipinski definition) is 2. The van der Waals surface area contributed by atoms with Gasteiger partial charge in [-0.2, -0.15) is 0 Å². The van der Waals surface area contributed by atoms with Crippen LogP contribution in [0.15, 0.2) is 36.4 Å². The average Bonchev–Trinajstić information content (AvgIpc) is 3.23. The van der Waals surface area contributed by atoms with Crippen molar-refractivity contribution in [3.05, 3.63) is 42.1 Å². The Morgan fingerprint density at radius 1 is 1.32 bits per heavy atom. The molecule has 1 fully saturated rings. The largest absolute Gasteiger partial charge is 0.486 e. The first-order chi connectivity index (χ1) is 16.5. The number of aromatic nitrogens is 4. The highest BCUT2D eigenvalue weighted by atomic mass is 16.5. The summed E-state index contributed by atoms with van der Waals surface area (Å²) in [6.07, 6.45) is 5.13. The molecule has 11 nitrogen and oxygen atoms in total. The number of carbonyl (C=O) groups excluding carboxylic acids is 1. The van der Waals surface area contributed by atoms with E-state index in [4.69, 9.17) is 25.2 Å². The zero-order valence-corrected chi connectivity index (χ0v) is 19.3. The molecule has 0 radical (unpaired) electrons. The summed E-state index contributed by atoms with van der Waals surface area (Å²) in [5.41, 5.74) is 8.10. The lowest BCUT2D eigenvalue weighted by molar-refractivity contribution is -0.136. The van der Waals surface area contributed by atoms with Crippen LogP contribution < -0.4 is 20.7 Å². The van der Waals surface area contributed by atoms with E-state index >= 15 is 0 Å². The normalized spacial score (nSPS) is 19.9. The van der Waals surface area contributed by atoms with Gasteiger partial charge in [0.25, 0.3) is 0 Å². The monoisotopic (exact) mass is 465 g/mol. The van der Waals surface area contributed by atoms with E-state index in [1.54, 1.807) is 6.20 Å². The SMILES string of the molecule is COC(=O)/C(N)=C/NCc1nc(-c2ccnc3c2ccn3C)nc2c1OC[C@@H]1COC[C@@H](C)N21.